The summed E-state index contributed by atoms with van der Waals surface area (Å²) in [6.07, 6.45) is 2.85. The van der Waals surface area contributed by atoms with E-state index in [4.69, 9.17) is 11.6 Å². The highest BCUT2D eigenvalue weighted by molar-refractivity contribution is 9.10. The summed E-state index contributed by atoms with van der Waals surface area (Å²) in [5.41, 5.74) is 1.75. The first-order valence-corrected chi connectivity index (χ1v) is 7.07. The summed E-state index contributed by atoms with van der Waals surface area (Å²) < 4.78 is 14.1. The summed E-state index contributed by atoms with van der Waals surface area (Å²) in [7, 11) is 0. The summed E-state index contributed by atoms with van der Waals surface area (Å²) in [6, 6.07) is 7.06. The van der Waals surface area contributed by atoms with Crippen molar-refractivity contribution in [2.75, 3.05) is 6.54 Å². The van der Waals surface area contributed by atoms with E-state index in [0.717, 1.165) is 22.1 Å². The maximum atomic E-state index is 13.3. The molecule has 19 heavy (non-hydrogen) atoms. The number of nitrogens with zero attached hydrogens (tertiary/aromatic N) is 1. The fourth-order valence-corrected chi connectivity index (χ4v) is 2.35. The van der Waals surface area contributed by atoms with Crippen LogP contribution in [0.1, 0.15) is 24.1 Å². The van der Waals surface area contributed by atoms with Gasteiger partial charge in [0.1, 0.15) is 5.82 Å². The lowest BCUT2D eigenvalue weighted by Gasteiger charge is -2.19. The lowest BCUT2D eigenvalue weighted by atomic mass is 10.00. The fraction of sp³-hybridized carbons (Fsp3) is 0.214. The average molecular weight is 344 g/mol. The molecule has 1 heterocycles. The Balaban J connectivity index is 2.42. The summed E-state index contributed by atoms with van der Waals surface area (Å²) in [6.45, 7) is 2.76. The molecule has 0 aliphatic rings. The van der Waals surface area contributed by atoms with Crippen molar-refractivity contribution in [1.29, 1.82) is 0 Å². The van der Waals surface area contributed by atoms with E-state index < -0.39 is 0 Å². The fourth-order valence-electron chi connectivity index (χ4n) is 1.91. The van der Waals surface area contributed by atoms with Crippen molar-refractivity contribution in [2.24, 2.45) is 0 Å². The van der Waals surface area contributed by atoms with Gasteiger partial charge in [0.2, 0.25) is 0 Å². The van der Waals surface area contributed by atoms with Crippen LogP contribution in [0.3, 0.4) is 0 Å². The molecule has 1 unspecified atom stereocenters. The Morgan fingerprint density at radius 2 is 2.11 bits per heavy atom. The van der Waals surface area contributed by atoms with E-state index in [0.29, 0.717) is 5.02 Å². The number of benzene rings is 1. The highest BCUT2D eigenvalue weighted by Gasteiger charge is 2.15. The van der Waals surface area contributed by atoms with E-state index in [1.807, 2.05) is 25.1 Å². The second kappa shape index (κ2) is 6.46. The second-order valence-electron chi connectivity index (χ2n) is 4.10. The zero-order chi connectivity index (χ0) is 13.8. The van der Waals surface area contributed by atoms with Crippen molar-refractivity contribution in [3.05, 3.63) is 63.1 Å². The van der Waals surface area contributed by atoms with Gasteiger partial charge in [0, 0.05) is 10.7 Å². The van der Waals surface area contributed by atoms with Crippen molar-refractivity contribution in [3.8, 4) is 0 Å². The summed E-state index contributed by atoms with van der Waals surface area (Å²) in [5.74, 6) is -0.344. The molecule has 1 aromatic heterocycles. The Bertz CT molecular complexity index is 577. The van der Waals surface area contributed by atoms with Gasteiger partial charge in [-0.15, -0.1) is 0 Å². The molecule has 1 aromatic carbocycles. The molecular formula is C14H13BrClFN2. The molecule has 0 saturated carbocycles. The molecule has 1 atom stereocenters. The maximum Gasteiger partial charge on any atom is 0.141 e. The van der Waals surface area contributed by atoms with Gasteiger partial charge < -0.3 is 5.32 Å². The summed E-state index contributed by atoms with van der Waals surface area (Å²) in [4.78, 5) is 3.90. The Labute approximate surface area is 125 Å². The molecule has 0 saturated heterocycles. The van der Waals surface area contributed by atoms with Crippen LogP contribution in [0, 0.1) is 5.82 Å². The molecule has 2 aromatic rings. The number of nitrogens with one attached hydrogen (secondary N) is 1. The van der Waals surface area contributed by atoms with Crippen molar-refractivity contribution in [3.63, 3.8) is 0 Å². The number of halogens is 3. The van der Waals surface area contributed by atoms with Gasteiger partial charge in [-0.2, -0.15) is 0 Å². The smallest absolute Gasteiger partial charge is 0.141 e. The molecule has 1 N–H and O–H groups in total. The van der Waals surface area contributed by atoms with Gasteiger partial charge >= 0.3 is 0 Å². The molecule has 100 valence electrons. The first kappa shape index (κ1) is 14.4. The van der Waals surface area contributed by atoms with Gasteiger partial charge in [-0.25, -0.2) is 4.39 Å². The molecule has 0 spiro atoms. The van der Waals surface area contributed by atoms with Crippen molar-refractivity contribution in [2.45, 2.75) is 13.0 Å². The van der Waals surface area contributed by atoms with Crippen LogP contribution >= 0.6 is 27.5 Å². The Morgan fingerprint density at radius 1 is 1.32 bits per heavy atom. The Kier molecular flexibility index (Phi) is 4.91. The van der Waals surface area contributed by atoms with Crippen LogP contribution in [0.2, 0.25) is 5.02 Å². The lowest BCUT2D eigenvalue weighted by molar-refractivity contribution is 0.596. The third-order valence-corrected chi connectivity index (χ3v) is 3.98. The SMILES string of the molecule is CCNC(c1cncc(F)c1)c1ccc(Br)c(Cl)c1. The third kappa shape index (κ3) is 3.53. The molecule has 0 amide bonds. The molecule has 2 nitrogen and oxygen atoms in total. The Hall–Kier alpha value is -0.970. The summed E-state index contributed by atoms with van der Waals surface area (Å²) >= 11 is 9.47. The van der Waals surface area contributed by atoms with Crippen molar-refractivity contribution >= 4 is 27.5 Å². The molecule has 5 heteroatoms. The van der Waals surface area contributed by atoms with Crippen LogP contribution < -0.4 is 5.32 Å². The predicted molar refractivity (Wildman–Crippen MR) is 78.9 cm³/mol. The monoisotopic (exact) mass is 342 g/mol. The highest BCUT2D eigenvalue weighted by atomic mass is 79.9. The minimum Gasteiger partial charge on any atom is -0.306 e. The molecular weight excluding hydrogens is 331 g/mol. The van der Waals surface area contributed by atoms with Gasteiger partial charge in [0.05, 0.1) is 17.3 Å². The molecule has 2 rings (SSSR count). The molecule has 0 aliphatic heterocycles. The van der Waals surface area contributed by atoms with Gasteiger partial charge in [-0.1, -0.05) is 24.6 Å². The second-order valence-corrected chi connectivity index (χ2v) is 5.36. The Morgan fingerprint density at radius 3 is 2.74 bits per heavy atom. The number of pyridine rings is 1. The number of aromatic nitrogens is 1. The lowest BCUT2D eigenvalue weighted by Crippen LogP contribution is -2.22. The largest absolute Gasteiger partial charge is 0.306 e. The van der Waals surface area contributed by atoms with Gasteiger partial charge in [0.15, 0.2) is 0 Å². The highest BCUT2D eigenvalue weighted by Crippen LogP contribution is 2.29. The average Bonchev–Trinajstić information content (AvgIpc) is 2.39. The van der Waals surface area contributed by atoms with E-state index in [9.17, 15) is 4.39 Å². The molecule has 0 radical (unpaired) electrons. The first-order valence-electron chi connectivity index (χ1n) is 5.90. The normalized spacial score (nSPS) is 12.4. The van der Waals surface area contributed by atoms with Gasteiger partial charge in [-0.3, -0.25) is 4.98 Å². The zero-order valence-corrected chi connectivity index (χ0v) is 12.7. The van der Waals surface area contributed by atoms with Crippen LogP contribution in [-0.4, -0.2) is 11.5 Å². The van der Waals surface area contributed by atoms with E-state index in [2.05, 4.69) is 26.2 Å². The maximum absolute atomic E-state index is 13.3. The van der Waals surface area contributed by atoms with Crippen LogP contribution in [0.4, 0.5) is 4.39 Å². The van der Waals surface area contributed by atoms with Crippen LogP contribution in [-0.2, 0) is 0 Å². The predicted octanol–water partition coefficient (Wildman–Crippen LogP) is 4.34. The molecule has 0 fully saturated rings. The molecule has 0 aliphatic carbocycles. The van der Waals surface area contributed by atoms with Gasteiger partial charge in [0.25, 0.3) is 0 Å². The van der Waals surface area contributed by atoms with Crippen molar-refractivity contribution < 1.29 is 4.39 Å². The quantitative estimate of drug-likeness (QED) is 0.893. The van der Waals surface area contributed by atoms with E-state index >= 15 is 0 Å². The first-order chi connectivity index (χ1) is 9.11. The topological polar surface area (TPSA) is 24.9 Å². The van der Waals surface area contributed by atoms with Crippen molar-refractivity contribution in [1.82, 2.24) is 10.3 Å². The number of hydrogen-bond acceptors (Lipinski definition) is 2. The third-order valence-electron chi connectivity index (χ3n) is 2.74. The van der Waals surface area contributed by atoms with E-state index in [-0.39, 0.29) is 11.9 Å². The minimum absolute atomic E-state index is 0.126. The zero-order valence-electron chi connectivity index (χ0n) is 10.3. The van der Waals surface area contributed by atoms with Crippen LogP contribution in [0.15, 0.2) is 41.1 Å². The van der Waals surface area contributed by atoms with E-state index in [1.165, 1.54) is 12.3 Å². The van der Waals surface area contributed by atoms with Crippen LogP contribution in [0.5, 0.6) is 0 Å². The summed E-state index contributed by atoms with van der Waals surface area (Å²) in [5, 5.41) is 3.94. The number of rotatable bonds is 4. The van der Waals surface area contributed by atoms with E-state index in [1.54, 1.807) is 6.20 Å². The standard InChI is InChI=1S/C14H13BrClFN2/c1-2-19-14(10-5-11(17)8-18-7-10)9-3-4-12(15)13(16)6-9/h3-8,14,19H,2H2,1H3. The van der Waals surface area contributed by atoms with Crippen LogP contribution in [0.25, 0.3) is 0 Å². The van der Waals surface area contributed by atoms with Gasteiger partial charge in [-0.05, 0) is 51.8 Å². The molecule has 0 bridgehead atoms. The minimum atomic E-state index is -0.344. The number of hydrogen-bond donors (Lipinski definition) is 1.